The zero-order chi connectivity index (χ0) is 22.4. The number of benzene rings is 2. The van der Waals surface area contributed by atoms with Crippen molar-refractivity contribution in [1.29, 1.82) is 0 Å². The van der Waals surface area contributed by atoms with Crippen LogP contribution < -0.4 is 10.6 Å². The molecular formula is C24H28Cl2N2O3. The van der Waals surface area contributed by atoms with Crippen LogP contribution in [0.3, 0.4) is 0 Å². The molecule has 2 amide bonds. The van der Waals surface area contributed by atoms with Crippen LogP contribution in [0.1, 0.15) is 42.6 Å². The molecule has 2 N–H and O–H groups in total. The average Bonchev–Trinajstić information content (AvgIpc) is 2.77. The summed E-state index contributed by atoms with van der Waals surface area (Å²) in [4.78, 5) is 25.7. The first-order valence-corrected chi connectivity index (χ1v) is 11.2. The van der Waals surface area contributed by atoms with Gasteiger partial charge in [0.1, 0.15) is 6.04 Å². The molecule has 166 valence electrons. The summed E-state index contributed by atoms with van der Waals surface area (Å²) in [6.07, 6.45) is 1.61. The van der Waals surface area contributed by atoms with Gasteiger partial charge in [-0.15, -0.1) is 0 Å². The zero-order valence-electron chi connectivity index (χ0n) is 17.8. The second-order valence-electron chi connectivity index (χ2n) is 8.32. The third kappa shape index (κ3) is 6.00. The number of ether oxygens (including phenoxy) is 1. The predicted octanol–water partition coefficient (Wildman–Crippen LogP) is 4.61. The molecule has 3 rings (SSSR count). The molecule has 1 unspecified atom stereocenters. The topological polar surface area (TPSA) is 67.4 Å². The first kappa shape index (κ1) is 23.6. The fourth-order valence-electron chi connectivity index (χ4n) is 3.86. The number of carbonyl (C=O) groups excluding carboxylic acids is 2. The van der Waals surface area contributed by atoms with Crippen molar-refractivity contribution < 1.29 is 14.3 Å². The number of hydrogen-bond donors (Lipinski definition) is 2. The molecule has 5 nitrogen and oxygen atoms in total. The molecule has 0 spiro atoms. The van der Waals surface area contributed by atoms with Crippen LogP contribution in [0.25, 0.3) is 0 Å². The fraction of sp³-hybridized carbons (Fsp3) is 0.417. The minimum absolute atomic E-state index is 0.0718. The Balaban J connectivity index is 1.71. The van der Waals surface area contributed by atoms with Gasteiger partial charge in [0.25, 0.3) is 5.91 Å². The maximum Gasteiger partial charge on any atom is 0.251 e. The Morgan fingerprint density at radius 3 is 2.06 bits per heavy atom. The maximum absolute atomic E-state index is 13.1. The van der Waals surface area contributed by atoms with E-state index in [1.54, 1.807) is 24.3 Å². The van der Waals surface area contributed by atoms with E-state index in [1.807, 2.05) is 38.1 Å². The molecule has 1 saturated heterocycles. The number of nitrogens with one attached hydrogen (secondary N) is 2. The highest BCUT2D eigenvalue weighted by Gasteiger charge is 2.36. The highest BCUT2D eigenvalue weighted by atomic mass is 35.5. The summed E-state index contributed by atoms with van der Waals surface area (Å²) in [5.41, 5.74) is 1.37. The first-order chi connectivity index (χ1) is 14.8. The Bertz CT molecular complexity index is 892. The van der Waals surface area contributed by atoms with Crippen LogP contribution in [0, 0.1) is 5.92 Å². The lowest BCUT2D eigenvalue weighted by Gasteiger charge is -2.38. The van der Waals surface area contributed by atoms with Crippen molar-refractivity contribution >= 4 is 35.0 Å². The van der Waals surface area contributed by atoms with E-state index < -0.39 is 6.04 Å². The van der Waals surface area contributed by atoms with Crippen LogP contribution >= 0.6 is 23.2 Å². The van der Waals surface area contributed by atoms with Gasteiger partial charge in [0.2, 0.25) is 5.91 Å². The monoisotopic (exact) mass is 462 g/mol. The highest BCUT2D eigenvalue weighted by molar-refractivity contribution is 6.30. The molecule has 1 aliphatic rings. The van der Waals surface area contributed by atoms with Gasteiger partial charge in [-0.3, -0.25) is 9.59 Å². The summed E-state index contributed by atoms with van der Waals surface area (Å²) in [7, 11) is 0. The Kier molecular flexibility index (Phi) is 7.98. The van der Waals surface area contributed by atoms with Crippen molar-refractivity contribution in [3.63, 3.8) is 0 Å². The Morgan fingerprint density at radius 1 is 0.968 bits per heavy atom. The predicted molar refractivity (Wildman–Crippen MR) is 124 cm³/mol. The molecule has 31 heavy (non-hydrogen) atoms. The minimum atomic E-state index is -0.648. The Morgan fingerprint density at radius 2 is 1.52 bits per heavy atom. The molecule has 0 bridgehead atoms. The van der Waals surface area contributed by atoms with Crippen molar-refractivity contribution in [2.45, 2.75) is 38.1 Å². The number of rotatable bonds is 7. The third-order valence-corrected chi connectivity index (χ3v) is 6.35. The number of amides is 2. The van der Waals surface area contributed by atoms with Crippen molar-refractivity contribution in [3.05, 3.63) is 69.7 Å². The largest absolute Gasteiger partial charge is 0.381 e. The second-order valence-corrected chi connectivity index (χ2v) is 9.19. The van der Waals surface area contributed by atoms with E-state index in [2.05, 4.69) is 10.6 Å². The van der Waals surface area contributed by atoms with Gasteiger partial charge < -0.3 is 15.4 Å². The SMILES string of the molecule is CC(C)C(NC(=O)c1ccc(Cl)cc1)C(=O)NCC1(c2ccc(Cl)cc2)CCOCC1. The quantitative estimate of drug-likeness (QED) is 0.630. The van der Waals surface area contributed by atoms with Crippen LogP contribution in [-0.4, -0.2) is 37.6 Å². The minimum Gasteiger partial charge on any atom is -0.381 e. The maximum atomic E-state index is 13.1. The van der Waals surface area contributed by atoms with Gasteiger partial charge in [-0.05, 0) is 60.7 Å². The van der Waals surface area contributed by atoms with Crippen LogP contribution in [0.2, 0.25) is 10.0 Å². The molecule has 0 saturated carbocycles. The van der Waals surface area contributed by atoms with Crippen molar-refractivity contribution in [3.8, 4) is 0 Å². The van der Waals surface area contributed by atoms with Crippen LogP contribution in [-0.2, 0) is 14.9 Å². The molecule has 1 fully saturated rings. The van der Waals surface area contributed by atoms with Gasteiger partial charge in [-0.1, -0.05) is 49.2 Å². The second kappa shape index (κ2) is 10.5. The van der Waals surface area contributed by atoms with E-state index in [0.29, 0.717) is 35.4 Å². The van der Waals surface area contributed by atoms with E-state index in [4.69, 9.17) is 27.9 Å². The Hall–Kier alpha value is -2.08. The first-order valence-electron chi connectivity index (χ1n) is 10.5. The number of hydrogen-bond acceptors (Lipinski definition) is 3. The summed E-state index contributed by atoms with van der Waals surface area (Å²) in [5, 5.41) is 7.19. The molecular weight excluding hydrogens is 435 g/mol. The lowest BCUT2D eigenvalue weighted by Crippen LogP contribution is -2.53. The highest BCUT2D eigenvalue weighted by Crippen LogP contribution is 2.35. The summed E-state index contributed by atoms with van der Waals surface area (Å²) in [6.45, 7) is 5.57. The van der Waals surface area contributed by atoms with Gasteiger partial charge in [-0.25, -0.2) is 0 Å². The molecule has 0 radical (unpaired) electrons. The van der Waals surface area contributed by atoms with Crippen LogP contribution in [0.15, 0.2) is 48.5 Å². The lowest BCUT2D eigenvalue weighted by molar-refractivity contribution is -0.124. The third-order valence-electron chi connectivity index (χ3n) is 5.85. The fourth-order valence-corrected chi connectivity index (χ4v) is 4.11. The molecule has 2 aromatic carbocycles. The van der Waals surface area contributed by atoms with Crippen molar-refractivity contribution in [1.82, 2.24) is 10.6 Å². The number of halogens is 2. The van der Waals surface area contributed by atoms with E-state index >= 15 is 0 Å². The molecule has 1 heterocycles. The summed E-state index contributed by atoms with van der Waals surface area (Å²) >= 11 is 12.0. The number of carbonyl (C=O) groups is 2. The average molecular weight is 463 g/mol. The molecule has 1 aliphatic heterocycles. The molecule has 7 heteroatoms. The molecule has 0 aromatic heterocycles. The van der Waals surface area contributed by atoms with Gasteiger partial charge in [-0.2, -0.15) is 0 Å². The zero-order valence-corrected chi connectivity index (χ0v) is 19.3. The molecule has 0 aliphatic carbocycles. The Labute approximate surface area is 193 Å². The summed E-state index contributed by atoms with van der Waals surface area (Å²) in [6, 6.07) is 13.7. The van der Waals surface area contributed by atoms with Gasteiger partial charge in [0.05, 0.1) is 0 Å². The van der Waals surface area contributed by atoms with Crippen molar-refractivity contribution in [2.24, 2.45) is 5.92 Å². The molecule has 2 aromatic rings. The van der Waals surface area contributed by atoms with Gasteiger partial charge >= 0.3 is 0 Å². The molecule has 1 atom stereocenters. The van der Waals surface area contributed by atoms with E-state index in [-0.39, 0.29) is 23.1 Å². The smallest absolute Gasteiger partial charge is 0.251 e. The van der Waals surface area contributed by atoms with Crippen LogP contribution in [0.5, 0.6) is 0 Å². The normalized spacial score (nSPS) is 16.5. The summed E-state index contributed by atoms with van der Waals surface area (Å²) in [5.74, 6) is -0.571. The van der Waals surface area contributed by atoms with Gasteiger partial charge in [0, 0.05) is 40.8 Å². The van der Waals surface area contributed by atoms with E-state index in [9.17, 15) is 9.59 Å². The van der Waals surface area contributed by atoms with E-state index in [1.165, 1.54) is 0 Å². The standard InChI is InChI=1S/C24H28Cl2N2O3/c1-16(2)21(28-22(29)17-3-7-19(25)8-4-17)23(30)27-15-24(11-13-31-14-12-24)18-5-9-20(26)10-6-18/h3-10,16,21H,11-15H2,1-2H3,(H,27,30)(H,28,29). The lowest BCUT2D eigenvalue weighted by atomic mass is 9.74. The van der Waals surface area contributed by atoms with Gasteiger partial charge in [0.15, 0.2) is 0 Å². The van der Waals surface area contributed by atoms with Crippen molar-refractivity contribution in [2.75, 3.05) is 19.8 Å². The van der Waals surface area contributed by atoms with Crippen LogP contribution in [0.4, 0.5) is 0 Å². The summed E-state index contributed by atoms with van der Waals surface area (Å²) < 4.78 is 5.57. The van der Waals surface area contributed by atoms with E-state index in [0.717, 1.165) is 18.4 Å².